The Morgan fingerprint density at radius 1 is 1.18 bits per heavy atom. The topological polar surface area (TPSA) is 71.3 Å². The minimum Gasteiger partial charge on any atom is -1.00 e. The number of aromatic nitrogens is 1. The van der Waals surface area contributed by atoms with Gasteiger partial charge in [0.05, 0.1) is 10.5 Å². The van der Waals surface area contributed by atoms with E-state index in [1.807, 2.05) is 30.3 Å². The zero-order chi connectivity index (χ0) is 19.1. The van der Waals surface area contributed by atoms with Gasteiger partial charge < -0.3 is 11.8 Å². The van der Waals surface area contributed by atoms with Gasteiger partial charge in [-0.15, -0.1) is 0 Å². The number of carbonyl (C=O) groups excluding carboxylic acids is 1. The monoisotopic (exact) mass is 424 g/mol. The molecule has 0 atom stereocenters. The Labute approximate surface area is 194 Å². The van der Waals surface area contributed by atoms with Gasteiger partial charge in [-0.25, -0.2) is 4.79 Å². The number of benzene rings is 2. The summed E-state index contributed by atoms with van der Waals surface area (Å²) >= 11 is 12.5. The van der Waals surface area contributed by atoms with Crippen molar-refractivity contribution < 1.29 is 45.7 Å². The number of carboxylic acid groups (broad SMARTS) is 1. The molecule has 2 heterocycles. The van der Waals surface area contributed by atoms with Crippen LogP contribution >= 0.6 is 23.2 Å². The third kappa shape index (κ3) is 3.61. The molecular formula is C20H15Cl2N2NaO3. The van der Waals surface area contributed by atoms with Gasteiger partial charge in [0.25, 0.3) is 0 Å². The largest absolute Gasteiger partial charge is 1.00 e. The fourth-order valence-corrected chi connectivity index (χ4v) is 4.07. The molecule has 0 aliphatic carbocycles. The van der Waals surface area contributed by atoms with E-state index in [-0.39, 0.29) is 36.9 Å². The van der Waals surface area contributed by atoms with Crippen LogP contribution in [0.5, 0.6) is 0 Å². The van der Waals surface area contributed by atoms with Gasteiger partial charge in [0.2, 0.25) is 5.91 Å². The molecule has 1 aromatic heterocycles. The number of hydrogen-bond acceptors (Lipinski definition) is 2. The van der Waals surface area contributed by atoms with Crippen molar-refractivity contribution in [3.05, 3.63) is 75.4 Å². The number of nitrogens with zero attached hydrogens (tertiary/aromatic N) is 1. The molecule has 0 saturated carbocycles. The van der Waals surface area contributed by atoms with Crippen LogP contribution < -0.4 is 34.9 Å². The van der Waals surface area contributed by atoms with Gasteiger partial charge >= 0.3 is 35.7 Å². The molecule has 4 rings (SSSR count). The van der Waals surface area contributed by atoms with Crippen LogP contribution in [0.3, 0.4) is 0 Å². The van der Waals surface area contributed by atoms with Gasteiger partial charge in [0, 0.05) is 34.3 Å². The average Bonchev–Trinajstić information content (AvgIpc) is 3.21. The van der Waals surface area contributed by atoms with Gasteiger partial charge in [-0.05, 0) is 29.7 Å². The van der Waals surface area contributed by atoms with Crippen LogP contribution in [0.2, 0.25) is 10.0 Å². The summed E-state index contributed by atoms with van der Waals surface area (Å²) in [6, 6.07) is 12.5. The molecule has 0 bridgehead atoms. The van der Waals surface area contributed by atoms with E-state index in [0.717, 1.165) is 10.1 Å². The van der Waals surface area contributed by atoms with E-state index in [1.165, 1.54) is 6.20 Å². The Bertz CT molecular complexity index is 1130. The number of nitrogens with one attached hydrogen (secondary N) is 1. The first-order valence-corrected chi connectivity index (χ1v) is 9.03. The third-order valence-corrected chi connectivity index (χ3v) is 5.11. The van der Waals surface area contributed by atoms with Gasteiger partial charge in [-0.1, -0.05) is 53.5 Å². The standard InChI is InChI=1S/C20H14Cl2N2O3.Na.H/c21-12-8-15(22)18-14(10-24(20(26)27)16(18)9-12)17(11-4-2-1-3-5-11)13-6-7-23-19(13)25;;/h1-5,8-10H,6-7H2,(H,23,25)(H,26,27);;/q;+1;-1. The molecule has 138 valence electrons. The molecule has 1 saturated heterocycles. The maximum atomic E-state index is 12.4. The van der Waals surface area contributed by atoms with Gasteiger partial charge in [0.15, 0.2) is 0 Å². The number of fused-ring (bicyclic) bond motifs is 1. The molecule has 1 fully saturated rings. The Morgan fingerprint density at radius 2 is 1.89 bits per heavy atom. The van der Waals surface area contributed by atoms with Crippen LogP contribution in [0.4, 0.5) is 4.79 Å². The number of amides is 1. The van der Waals surface area contributed by atoms with E-state index in [4.69, 9.17) is 23.2 Å². The molecular weight excluding hydrogens is 410 g/mol. The first kappa shape index (κ1) is 21.0. The van der Waals surface area contributed by atoms with Crippen LogP contribution in [0.1, 0.15) is 19.0 Å². The van der Waals surface area contributed by atoms with Crippen LogP contribution in [0, 0.1) is 0 Å². The number of halogens is 2. The maximum absolute atomic E-state index is 12.4. The van der Waals surface area contributed by atoms with Crippen molar-refractivity contribution in [2.75, 3.05) is 6.54 Å². The van der Waals surface area contributed by atoms with Crippen LogP contribution in [0.25, 0.3) is 16.5 Å². The van der Waals surface area contributed by atoms with Crippen molar-refractivity contribution in [3.63, 3.8) is 0 Å². The van der Waals surface area contributed by atoms with Crippen molar-refractivity contribution in [1.29, 1.82) is 0 Å². The van der Waals surface area contributed by atoms with Gasteiger partial charge in [-0.2, -0.15) is 0 Å². The SMILES string of the molecule is O=C1NCCC1=C(c1ccccc1)c1cn(C(=O)O)c2cc(Cl)cc(Cl)c12.[H-].[Na+]. The fourth-order valence-electron chi connectivity index (χ4n) is 3.48. The number of rotatable bonds is 2. The van der Waals surface area contributed by atoms with Gasteiger partial charge in [-0.3, -0.25) is 9.36 Å². The second kappa shape index (κ2) is 8.31. The van der Waals surface area contributed by atoms with Crippen molar-refractivity contribution in [2.45, 2.75) is 6.42 Å². The molecule has 3 aromatic rings. The third-order valence-electron chi connectivity index (χ3n) is 4.60. The molecule has 28 heavy (non-hydrogen) atoms. The molecule has 0 radical (unpaired) electrons. The molecule has 2 N–H and O–H groups in total. The molecule has 1 aliphatic heterocycles. The van der Waals surface area contributed by atoms with E-state index in [1.54, 1.807) is 12.1 Å². The smallest absolute Gasteiger partial charge is 1.00 e. The summed E-state index contributed by atoms with van der Waals surface area (Å²) in [7, 11) is 0. The van der Waals surface area contributed by atoms with E-state index in [9.17, 15) is 14.7 Å². The summed E-state index contributed by atoms with van der Waals surface area (Å²) in [5, 5.41) is 13.7. The van der Waals surface area contributed by atoms with Crippen molar-refractivity contribution in [2.24, 2.45) is 0 Å². The van der Waals surface area contributed by atoms with E-state index in [2.05, 4.69) is 5.32 Å². The second-order valence-electron chi connectivity index (χ2n) is 6.20. The predicted molar refractivity (Wildman–Crippen MR) is 107 cm³/mol. The van der Waals surface area contributed by atoms with Crippen LogP contribution in [0.15, 0.2) is 54.2 Å². The van der Waals surface area contributed by atoms with Crippen molar-refractivity contribution >= 4 is 51.7 Å². The molecule has 0 unspecified atom stereocenters. The van der Waals surface area contributed by atoms with E-state index < -0.39 is 6.09 Å². The molecule has 0 spiro atoms. The maximum Gasteiger partial charge on any atom is 1.00 e. The summed E-state index contributed by atoms with van der Waals surface area (Å²) in [5.74, 6) is -0.157. The predicted octanol–water partition coefficient (Wildman–Crippen LogP) is 1.91. The average molecular weight is 425 g/mol. The second-order valence-corrected chi connectivity index (χ2v) is 7.05. The van der Waals surface area contributed by atoms with E-state index >= 15 is 0 Å². The molecule has 8 heteroatoms. The minimum atomic E-state index is -1.15. The summed E-state index contributed by atoms with van der Waals surface area (Å²) in [5.41, 5.74) is 3.08. The summed E-state index contributed by atoms with van der Waals surface area (Å²) in [6.45, 7) is 0.543. The first-order chi connectivity index (χ1) is 13.0. The zero-order valence-electron chi connectivity index (χ0n) is 16.0. The Morgan fingerprint density at radius 3 is 2.50 bits per heavy atom. The van der Waals surface area contributed by atoms with Crippen LogP contribution in [-0.4, -0.2) is 28.2 Å². The number of hydrogen-bond donors (Lipinski definition) is 2. The Balaban J connectivity index is 0.00000150. The Hall–Kier alpha value is -1.76. The first-order valence-electron chi connectivity index (χ1n) is 8.28. The van der Waals surface area contributed by atoms with E-state index in [0.29, 0.717) is 50.6 Å². The Kier molecular flexibility index (Phi) is 6.22. The molecule has 5 nitrogen and oxygen atoms in total. The molecule has 1 amide bonds. The zero-order valence-corrected chi connectivity index (χ0v) is 18.5. The quantitative estimate of drug-likeness (QED) is 0.487. The normalized spacial score (nSPS) is 15.3. The number of carbonyl (C=O) groups is 2. The molecule has 1 aliphatic rings. The summed E-state index contributed by atoms with van der Waals surface area (Å²) < 4.78 is 1.08. The van der Waals surface area contributed by atoms with Crippen molar-refractivity contribution in [1.82, 2.24) is 9.88 Å². The van der Waals surface area contributed by atoms with Gasteiger partial charge in [0.1, 0.15) is 0 Å². The summed E-state index contributed by atoms with van der Waals surface area (Å²) in [6.07, 6.45) is 0.891. The molecule has 2 aromatic carbocycles. The van der Waals surface area contributed by atoms with Crippen molar-refractivity contribution in [3.8, 4) is 0 Å². The summed E-state index contributed by atoms with van der Waals surface area (Å²) in [4.78, 5) is 24.2. The fraction of sp³-hybridized carbons (Fsp3) is 0.100. The minimum absolute atomic E-state index is 0. The van der Waals surface area contributed by atoms with Crippen LogP contribution in [-0.2, 0) is 4.79 Å².